The van der Waals surface area contributed by atoms with Crippen molar-refractivity contribution in [1.82, 2.24) is 4.98 Å². The number of rotatable bonds is 2. The third-order valence-corrected chi connectivity index (χ3v) is 3.90. The van der Waals surface area contributed by atoms with E-state index in [0.717, 1.165) is 8.95 Å². The van der Waals surface area contributed by atoms with Crippen LogP contribution in [0.5, 0.6) is 0 Å². The zero-order valence-corrected chi connectivity index (χ0v) is 13.9. The summed E-state index contributed by atoms with van der Waals surface area (Å²) in [7, 11) is 0. The fourth-order valence-electron chi connectivity index (χ4n) is 1.37. The number of benzene rings is 1. The summed E-state index contributed by atoms with van der Waals surface area (Å²) >= 11 is 18.4. The minimum Gasteiger partial charge on any atom is -0.321 e. The first kappa shape index (κ1) is 14.8. The number of pyridine rings is 1. The highest BCUT2D eigenvalue weighted by Crippen LogP contribution is 2.27. The Bertz CT molecular complexity index is 650. The molecule has 1 amide bonds. The molecule has 0 spiro atoms. The number of carbonyl (C=O) groups is 1. The van der Waals surface area contributed by atoms with Crippen molar-refractivity contribution in [2.75, 3.05) is 5.32 Å². The maximum absolute atomic E-state index is 12.1. The highest BCUT2D eigenvalue weighted by Gasteiger charge is 2.13. The van der Waals surface area contributed by atoms with E-state index in [1.54, 1.807) is 6.07 Å². The Hall–Kier alpha value is -0.620. The van der Waals surface area contributed by atoms with Gasteiger partial charge in [-0.1, -0.05) is 39.1 Å². The Morgan fingerprint density at radius 1 is 1.21 bits per heavy atom. The fraction of sp³-hybridized carbons (Fsp3) is 0. The average Bonchev–Trinajstić information content (AvgIpc) is 2.35. The van der Waals surface area contributed by atoms with E-state index in [1.165, 1.54) is 12.3 Å². The zero-order chi connectivity index (χ0) is 14.0. The molecule has 98 valence electrons. The van der Waals surface area contributed by atoms with Crippen molar-refractivity contribution >= 4 is 66.7 Å². The number of hydrogen-bond donors (Lipinski definition) is 1. The highest BCUT2D eigenvalue weighted by atomic mass is 79.9. The first-order valence-electron chi connectivity index (χ1n) is 5.05. The number of aromatic nitrogens is 1. The third-order valence-electron chi connectivity index (χ3n) is 2.25. The minimum absolute atomic E-state index is 0.212. The number of nitrogens with zero attached hydrogens (tertiary/aromatic N) is 1. The van der Waals surface area contributed by atoms with E-state index < -0.39 is 0 Å². The smallest absolute Gasteiger partial charge is 0.257 e. The fourth-order valence-corrected chi connectivity index (χ4v) is 2.86. The maximum Gasteiger partial charge on any atom is 0.257 e. The molecule has 1 aromatic carbocycles. The molecule has 0 aliphatic rings. The van der Waals surface area contributed by atoms with Crippen LogP contribution in [0.4, 0.5) is 5.69 Å². The van der Waals surface area contributed by atoms with Crippen molar-refractivity contribution < 1.29 is 4.79 Å². The lowest BCUT2D eigenvalue weighted by atomic mass is 10.2. The summed E-state index contributed by atoms with van der Waals surface area (Å²) in [5.74, 6) is -0.350. The molecule has 0 aliphatic carbocycles. The Labute approximate surface area is 136 Å². The molecule has 0 atom stereocenters. The molecule has 3 nitrogen and oxygen atoms in total. The van der Waals surface area contributed by atoms with Crippen molar-refractivity contribution in [3.8, 4) is 0 Å². The first-order valence-corrected chi connectivity index (χ1v) is 7.39. The Kier molecular flexibility index (Phi) is 4.84. The van der Waals surface area contributed by atoms with Gasteiger partial charge in [0.05, 0.1) is 16.3 Å². The number of anilines is 1. The minimum atomic E-state index is -0.350. The summed E-state index contributed by atoms with van der Waals surface area (Å²) in [6.45, 7) is 0. The SMILES string of the molecule is O=C(Nc1ccc(Br)cc1Br)c1cc(Cl)ncc1Cl. The predicted molar refractivity (Wildman–Crippen MR) is 84.1 cm³/mol. The van der Waals surface area contributed by atoms with Crippen LogP contribution in [0.15, 0.2) is 39.4 Å². The molecule has 0 radical (unpaired) electrons. The maximum atomic E-state index is 12.1. The van der Waals surface area contributed by atoms with Crippen molar-refractivity contribution in [1.29, 1.82) is 0 Å². The van der Waals surface area contributed by atoms with E-state index in [4.69, 9.17) is 23.2 Å². The Morgan fingerprint density at radius 3 is 2.63 bits per heavy atom. The van der Waals surface area contributed by atoms with Crippen LogP contribution in [0.25, 0.3) is 0 Å². The topological polar surface area (TPSA) is 42.0 Å². The predicted octanol–water partition coefficient (Wildman–Crippen LogP) is 5.17. The Morgan fingerprint density at radius 2 is 1.95 bits per heavy atom. The average molecular weight is 425 g/mol. The number of halogens is 4. The molecule has 1 aromatic heterocycles. The van der Waals surface area contributed by atoms with Gasteiger partial charge in [-0.3, -0.25) is 4.79 Å². The molecular weight excluding hydrogens is 419 g/mol. The summed E-state index contributed by atoms with van der Waals surface area (Å²) in [5, 5.41) is 3.20. The number of carbonyl (C=O) groups excluding carboxylic acids is 1. The van der Waals surface area contributed by atoms with Crippen molar-refractivity contribution in [3.05, 3.63) is 55.1 Å². The van der Waals surface area contributed by atoms with E-state index in [-0.39, 0.29) is 21.6 Å². The summed E-state index contributed by atoms with van der Waals surface area (Å²) in [6.07, 6.45) is 1.34. The second-order valence-corrected chi connectivity index (χ2v) is 6.13. The van der Waals surface area contributed by atoms with Crippen LogP contribution >= 0.6 is 55.1 Å². The number of hydrogen-bond acceptors (Lipinski definition) is 2. The molecule has 0 fully saturated rings. The van der Waals surface area contributed by atoms with Gasteiger partial charge in [-0.25, -0.2) is 4.98 Å². The van der Waals surface area contributed by atoms with E-state index >= 15 is 0 Å². The van der Waals surface area contributed by atoms with E-state index in [0.29, 0.717) is 5.69 Å². The molecule has 0 saturated heterocycles. The standard InChI is InChI=1S/C12H6Br2Cl2N2O/c13-6-1-2-10(8(14)3-6)18-12(19)7-4-11(16)17-5-9(7)15/h1-5H,(H,18,19). The van der Waals surface area contributed by atoms with Gasteiger partial charge < -0.3 is 5.32 Å². The summed E-state index contributed by atoms with van der Waals surface area (Å²) in [6, 6.07) is 6.84. The van der Waals surface area contributed by atoms with Crippen LogP contribution in [0.3, 0.4) is 0 Å². The second-order valence-electron chi connectivity index (χ2n) is 3.57. The van der Waals surface area contributed by atoms with Crippen LogP contribution in [-0.2, 0) is 0 Å². The van der Waals surface area contributed by atoms with Gasteiger partial charge in [-0.15, -0.1) is 0 Å². The van der Waals surface area contributed by atoms with E-state index in [2.05, 4.69) is 42.2 Å². The lowest BCUT2D eigenvalue weighted by Crippen LogP contribution is -2.13. The normalized spacial score (nSPS) is 10.3. The van der Waals surface area contributed by atoms with Crippen LogP contribution in [0, 0.1) is 0 Å². The van der Waals surface area contributed by atoms with Gasteiger partial charge in [0.1, 0.15) is 5.15 Å². The quantitative estimate of drug-likeness (QED) is 0.676. The van der Waals surface area contributed by atoms with E-state index in [1.807, 2.05) is 12.1 Å². The molecule has 0 unspecified atom stereocenters. The molecular formula is C12H6Br2Cl2N2O. The first-order chi connectivity index (χ1) is 8.97. The molecule has 0 bridgehead atoms. The van der Waals surface area contributed by atoms with Gasteiger partial charge in [-0.05, 0) is 40.2 Å². The highest BCUT2D eigenvalue weighted by molar-refractivity contribution is 9.11. The van der Waals surface area contributed by atoms with Crippen LogP contribution in [-0.4, -0.2) is 10.9 Å². The Balaban J connectivity index is 2.28. The third kappa shape index (κ3) is 3.69. The molecule has 2 aromatic rings. The van der Waals surface area contributed by atoms with Gasteiger partial charge in [0, 0.05) is 15.1 Å². The molecule has 2 rings (SSSR count). The van der Waals surface area contributed by atoms with Crippen molar-refractivity contribution in [2.24, 2.45) is 0 Å². The molecule has 0 aliphatic heterocycles. The van der Waals surface area contributed by atoms with Crippen molar-refractivity contribution in [2.45, 2.75) is 0 Å². The van der Waals surface area contributed by atoms with Gasteiger partial charge in [0.2, 0.25) is 0 Å². The molecule has 1 heterocycles. The van der Waals surface area contributed by atoms with Gasteiger partial charge in [-0.2, -0.15) is 0 Å². The van der Waals surface area contributed by atoms with Gasteiger partial charge in [0.15, 0.2) is 0 Å². The number of nitrogens with one attached hydrogen (secondary N) is 1. The molecule has 0 saturated carbocycles. The van der Waals surface area contributed by atoms with Crippen molar-refractivity contribution in [3.63, 3.8) is 0 Å². The molecule has 1 N–H and O–H groups in total. The lowest BCUT2D eigenvalue weighted by molar-refractivity contribution is 0.102. The summed E-state index contributed by atoms with van der Waals surface area (Å²) in [4.78, 5) is 15.9. The van der Waals surface area contributed by atoms with Gasteiger partial charge in [0.25, 0.3) is 5.91 Å². The number of amides is 1. The monoisotopic (exact) mass is 422 g/mol. The molecule has 19 heavy (non-hydrogen) atoms. The molecule has 7 heteroatoms. The van der Waals surface area contributed by atoms with Crippen LogP contribution in [0.1, 0.15) is 10.4 Å². The lowest BCUT2D eigenvalue weighted by Gasteiger charge is -2.09. The summed E-state index contributed by atoms with van der Waals surface area (Å²) in [5.41, 5.74) is 0.911. The van der Waals surface area contributed by atoms with Crippen LogP contribution < -0.4 is 5.32 Å². The van der Waals surface area contributed by atoms with E-state index in [9.17, 15) is 4.79 Å². The second kappa shape index (κ2) is 6.22. The largest absolute Gasteiger partial charge is 0.321 e. The summed E-state index contributed by atoms with van der Waals surface area (Å²) < 4.78 is 1.66. The van der Waals surface area contributed by atoms with Crippen LogP contribution in [0.2, 0.25) is 10.2 Å². The van der Waals surface area contributed by atoms with Gasteiger partial charge >= 0.3 is 0 Å². The zero-order valence-electron chi connectivity index (χ0n) is 9.25.